The van der Waals surface area contributed by atoms with Crippen LogP contribution in [0.2, 0.25) is 0 Å². The average molecular weight is 519 g/mol. The van der Waals surface area contributed by atoms with Gasteiger partial charge in [0.05, 0.1) is 18.5 Å². The van der Waals surface area contributed by atoms with E-state index in [0.717, 1.165) is 39.8 Å². The number of fused-ring (bicyclic) bond motifs is 1. The van der Waals surface area contributed by atoms with E-state index in [9.17, 15) is 13.5 Å². The summed E-state index contributed by atoms with van der Waals surface area (Å²) < 4.78 is 38.1. The maximum Gasteiger partial charge on any atom is 0.163 e. The number of para-hydroxylation sites is 1. The number of aromatic hydroxyl groups is 1. The summed E-state index contributed by atoms with van der Waals surface area (Å²) in [6.45, 7) is 2.56. The van der Waals surface area contributed by atoms with Crippen LogP contribution in [-0.4, -0.2) is 43.8 Å². The number of benzene rings is 2. The van der Waals surface area contributed by atoms with Crippen molar-refractivity contribution in [2.45, 2.75) is 37.5 Å². The number of ether oxygens (including phenoxy) is 2. The molecule has 5 nitrogen and oxygen atoms in total. The Morgan fingerprint density at radius 3 is 2.78 bits per heavy atom. The molecule has 1 saturated heterocycles. The highest BCUT2D eigenvalue weighted by Crippen LogP contribution is 2.39. The molecule has 0 spiro atoms. The second-order valence-electron chi connectivity index (χ2n) is 8.18. The number of sulfone groups is 1. The molecule has 0 unspecified atom stereocenters. The van der Waals surface area contributed by atoms with Gasteiger partial charge in [0.15, 0.2) is 9.84 Å². The van der Waals surface area contributed by atoms with Gasteiger partial charge in [0.2, 0.25) is 0 Å². The fraction of sp³-hybridized carbons (Fsp3) is 0.360. The standard InChI is InChI=1S/C25H27BrO5S/c1-2-17(12-18-13-20(26)9-10-22(18)27)8-11-23-25-19(14-30-21-6-4-3-5-7-21)16-32(28,29)24(25)15-31-23/h3-7,9-10,12-13,23-24,27H,2,8,11,14-16H2,1H3/b17-12+/t23-,24+/m1/s1. The summed E-state index contributed by atoms with van der Waals surface area (Å²) in [6, 6.07) is 14.8. The number of phenolic OH excluding ortho intramolecular Hbond substituents is 1. The first kappa shape index (κ1) is 23.1. The van der Waals surface area contributed by atoms with E-state index in [1.165, 1.54) is 5.57 Å². The number of rotatable bonds is 8. The van der Waals surface area contributed by atoms with Gasteiger partial charge in [-0.05, 0) is 60.7 Å². The van der Waals surface area contributed by atoms with Gasteiger partial charge in [-0.15, -0.1) is 0 Å². The molecule has 2 aliphatic heterocycles. The van der Waals surface area contributed by atoms with E-state index >= 15 is 0 Å². The van der Waals surface area contributed by atoms with Crippen LogP contribution in [-0.2, 0) is 14.6 Å². The minimum atomic E-state index is -3.25. The van der Waals surface area contributed by atoms with Crippen molar-refractivity contribution in [2.75, 3.05) is 19.0 Å². The van der Waals surface area contributed by atoms with Gasteiger partial charge in [-0.3, -0.25) is 0 Å². The van der Waals surface area contributed by atoms with Crippen LogP contribution in [0.4, 0.5) is 0 Å². The lowest BCUT2D eigenvalue weighted by molar-refractivity contribution is 0.117. The topological polar surface area (TPSA) is 72.8 Å². The van der Waals surface area contributed by atoms with E-state index in [-0.39, 0.29) is 30.8 Å². The maximum atomic E-state index is 12.7. The van der Waals surface area contributed by atoms with Crippen molar-refractivity contribution < 1.29 is 23.0 Å². The van der Waals surface area contributed by atoms with Crippen LogP contribution in [0.3, 0.4) is 0 Å². The number of phenols is 1. The third-order valence-corrected chi connectivity index (χ3v) is 8.55. The number of hydrogen-bond acceptors (Lipinski definition) is 5. The van der Waals surface area contributed by atoms with Gasteiger partial charge in [-0.2, -0.15) is 0 Å². The summed E-state index contributed by atoms with van der Waals surface area (Å²) in [5.41, 5.74) is 3.66. The van der Waals surface area contributed by atoms with E-state index in [1.54, 1.807) is 12.1 Å². The van der Waals surface area contributed by atoms with E-state index in [0.29, 0.717) is 6.42 Å². The third kappa shape index (κ3) is 5.11. The molecule has 2 atom stereocenters. The Morgan fingerprint density at radius 1 is 1.25 bits per heavy atom. The summed E-state index contributed by atoms with van der Waals surface area (Å²) in [4.78, 5) is 0. The Hall–Kier alpha value is -2.09. The molecule has 2 heterocycles. The minimum absolute atomic E-state index is 0.0437. The Labute approximate surface area is 197 Å². The zero-order chi connectivity index (χ0) is 22.7. The van der Waals surface area contributed by atoms with E-state index in [2.05, 4.69) is 22.9 Å². The molecule has 0 saturated carbocycles. The summed E-state index contributed by atoms with van der Waals surface area (Å²) in [7, 11) is -3.25. The maximum absolute atomic E-state index is 12.7. The molecule has 2 aromatic carbocycles. The summed E-state index contributed by atoms with van der Waals surface area (Å²) in [6.07, 6.45) is 4.08. The van der Waals surface area contributed by atoms with Crippen molar-refractivity contribution in [1.82, 2.24) is 0 Å². The Kier molecular flexibility index (Phi) is 7.08. The van der Waals surface area contributed by atoms with Gasteiger partial charge in [0.1, 0.15) is 23.4 Å². The molecule has 2 aliphatic rings. The van der Waals surface area contributed by atoms with Crippen molar-refractivity contribution in [1.29, 1.82) is 0 Å². The molecule has 170 valence electrons. The van der Waals surface area contributed by atoms with Gasteiger partial charge < -0.3 is 14.6 Å². The first-order chi connectivity index (χ1) is 15.4. The van der Waals surface area contributed by atoms with Crippen molar-refractivity contribution in [2.24, 2.45) is 0 Å². The van der Waals surface area contributed by atoms with E-state index in [4.69, 9.17) is 9.47 Å². The molecular weight excluding hydrogens is 492 g/mol. The van der Waals surface area contributed by atoms with Gasteiger partial charge >= 0.3 is 0 Å². The predicted molar refractivity (Wildman–Crippen MR) is 130 cm³/mol. The molecule has 0 aromatic heterocycles. The largest absolute Gasteiger partial charge is 0.507 e. The lowest BCUT2D eigenvalue weighted by atomic mass is 9.96. The Morgan fingerprint density at radius 2 is 2.03 bits per heavy atom. The van der Waals surface area contributed by atoms with Crippen LogP contribution in [0, 0.1) is 0 Å². The zero-order valence-electron chi connectivity index (χ0n) is 18.0. The van der Waals surface area contributed by atoms with Crippen LogP contribution >= 0.6 is 15.9 Å². The molecule has 2 aromatic rings. The molecule has 1 fully saturated rings. The molecule has 0 aliphatic carbocycles. The molecule has 7 heteroatoms. The monoisotopic (exact) mass is 518 g/mol. The second-order valence-corrected chi connectivity index (χ2v) is 11.3. The van der Waals surface area contributed by atoms with Gasteiger partial charge in [-0.1, -0.05) is 52.7 Å². The fourth-order valence-corrected chi connectivity index (χ4v) is 6.66. The third-order valence-electron chi connectivity index (χ3n) is 6.05. The molecule has 0 radical (unpaired) electrons. The van der Waals surface area contributed by atoms with Crippen LogP contribution in [0.25, 0.3) is 6.08 Å². The van der Waals surface area contributed by atoms with Crippen LogP contribution in [0.5, 0.6) is 11.5 Å². The number of hydrogen-bond donors (Lipinski definition) is 1. The Balaban J connectivity index is 1.50. The predicted octanol–water partition coefficient (Wildman–Crippen LogP) is 5.30. The number of halogens is 1. The molecule has 4 rings (SSSR count). The first-order valence-corrected chi connectivity index (χ1v) is 13.3. The molecule has 32 heavy (non-hydrogen) atoms. The summed E-state index contributed by atoms with van der Waals surface area (Å²) in [5, 5.41) is 9.60. The van der Waals surface area contributed by atoms with Crippen molar-refractivity contribution >= 4 is 31.8 Å². The zero-order valence-corrected chi connectivity index (χ0v) is 20.4. The quantitative estimate of drug-likeness (QED) is 0.480. The lowest BCUT2D eigenvalue weighted by Crippen LogP contribution is -2.19. The average Bonchev–Trinajstić information content (AvgIpc) is 3.32. The first-order valence-electron chi connectivity index (χ1n) is 10.8. The van der Waals surface area contributed by atoms with Crippen molar-refractivity contribution in [3.63, 3.8) is 0 Å². The summed E-state index contributed by atoms with van der Waals surface area (Å²) >= 11 is 3.45. The highest BCUT2D eigenvalue weighted by molar-refractivity contribution is 9.10. The fourth-order valence-electron chi connectivity index (χ4n) is 4.35. The second kappa shape index (κ2) is 9.81. The lowest BCUT2D eigenvalue weighted by Gasteiger charge is -2.15. The van der Waals surface area contributed by atoms with Crippen LogP contribution in [0.15, 0.2) is 69.7 Å². The van der Waals surface area contributed by atoms with Crippen molar-refractivity contribution in [3.8, 4) is 11.5 Å². The highest BCUT2D eigenvalue weighted by atomic mass is 79.9. The normalized spacial score (nSPS) is 22.2. The van der Waals surface area contributed by atoms with Gasteiger partial charge in [-0.25, -0.2) is 8.42 Å². The van der Waals surface area contributed by atoms with Crippen molar-refractivity contribution in [3.05, 3.63) is 75.3 Å². The molecule has 0 bridgehead atoms. The van der Waals surface area contributed by atoms with Gasteiger partial charge in [0, 0.05) is 10.0 Å². The van der Waals surface area contributed by atoms with Crippen LogP contribution in [0.1, 0.15) is 31.7 Å². The Bertz CT molecular complexity index is 1140. The molecule has 1 N–H and O–H groups in total. The van der Waals surface area contributed by atoms with Gasteiger partial charge in [0.25, 0.3) is 0 Å². The van der Waals surface area contributed by atoms with E-state index < -0.39 is 15.1 Å². The minimum Gasteiger partial charge on any atom is -0.507 e. The van der Waals surface area contributed by atoms with E-state index in [1.807, 2.05) is 42.5 Å². The molecule has 0 amide bonds. The SMILES string of the molecule is CC/C(=C\c1cc(Br)ccc1O)CC[C@H]1OC[C@H]2C1=C(COc1ccccc1)CS2(=O)=O. The summed E-state index contributed by atoms with van der Waals surface area (Å²) in [5.74, 6) is 1.01. The smallest absolute Gasteiger partial charge is 0.163 e. The number of allylic oxidation sites excluding steroid dienone is 1. The highest BCUT2D eigenvalue weighted by Gasteiger charge is 2.46. The van der Waals surface area contributed by atoms with Crippen LogP contribution < -0.4 is 4.74 Å². The molecular formula is C25H27BrO5S.